The molecule has 0 radical (unpaired) electrons. The Hall–Kier alpha value is -1.75. The minimum Gasteiger partial charge on any atom is -0.478 e. The number of amides is 2. The van der Waals surface area contributed by atoms with Crippen molar-refractivity contribution in [3.63, 3.8) is 0 Å². The molecule has 1 saturated carbocycles. The summed E-state index contributed by atoms with van der Waals surface area (Å²) in [6, 6.07) is 4.16. The third-order valence-corrected chi connectivity index (χ3v) is 4.00. The monoisotopic (exact) mass is 296 g/mol. The van der Waals surface area contributed by atoms with Crippen molar-refractivity contribution in [1.29, 1.82) is 0 Å². The maximum atomic E-state index is 11.8. The number of carboxylic acids is 1. The molecule has 0 heterocycles. The van der Waals surface area contributed by atoms with E-state index in [1.54, 1.807) is 6.07 Å². The van der Waals surface area contributed by atoms with Crippen LogP contribution in [0, 0.1) is 5.92 Å². The summed E-state index contributed by atoms with van der Waals surface area (Å²) in [6.45, 7) is 1.98. The van der Waals surface area contributed by atoms with E-state index in [4.69, 9.17) is 16.7 Å². The number of carboxylic acid groups (broad SMARTS) is 1. The molecule has 3 N–H and O–H groups in total. The van der Waals surface area contributed by atoms with Crippen molar-refractivity contribution in [2.24, 2.45) is 5.92 Å². The highest BCUT2D eigenvalue weighted by molar-refractivity contribution is 6.33. The second kappa shape index (κ2) is 6.13. The van der Waals surface area contributed by atoms with Crippen LogP contribution in [0.25, 0.3) is 0 Å². The van der Waals surface area contributed by atoms with Crippen LogP contribution in [-0.2, 0) is 0 Å². The molecular weight excluding hydrogens is 280 g/mol. The van der Waals surface area contributed by atoms with E-state index in [0.717, 1.165) is 12.8 Å². The molecule has 1 aromatic carbocycles. The van der Waals surface area contributed by atoms with Gasteiger partial charge in [-0.2, -0.15) is 0 Å². The molecule has 1 unspecified atom stereocenters. The van der Waals surface area contributed by atoms with Crippen molar-refractivity contribution in [2.45, 2.75) is 32.2 Å². The Labute approximate surface area is 122 Å². The van der Waals surface area contributed by atoms with Crippen LogP contribution in [0.2, 0.25) is 5.02 Å². The molecule has 0 spiro atoms. The van der Waals surface area contributed by atoms with E-state index >= 15 is 0 Å². The number of hydrogen-bond acceptors (Lipinski definition) is 2. The molecule has 1 aliphatic carbocycles. The van der Waals surface area contributed by atoms with Crippen LogP contribution in [-0.4, -0.2) is 23.1 Å². The molecule has 0 aromatic heterocycles. The van der Waals surface area contributed by atoms with Crippen LogP contribution in [0.5, 0.6) is 0 Å². The molecule has 20 heavy (non-hydrogen) atoms. The number of urea groups is 1. The van der Waals surface area contributed by atoms with Crippen LogP contribution in [0.1, 0.15) is 36.5 Å². The summed E-state index contributed by atoms with van der Waals surface area (Å²) in [5.41, 5.74) is 0.376. The first kappa shape index (κ1) is 14.7. The second-order valence-electron chi connectivity index (χ2n) is 5.08. The van der Waals surface area contributed by atoms with E-state index in [1.165, 1.54) is 18.6 Å². The summed E-state index contributed by atoms with van der Waals surface area (Å²) in [6.07, 6.45) is 3.51. The van der Waals surface area contributed by atoms with Gasteiger partial charge in [0.05, 0.1) is 10.6 Å². The van der Waals surface area contributed by atoms with Crippen molar-refractivity contribution in [2.75, 3.05) is 5.32 Å². The average Bonchev–Trinajstić information content (AvgIpc) is 2.28. The van der Waals surface area contributed by atoms with Crippen molar-refractivity contribution < 1.29 is 14.7 Å². The lowest BCUT2D eigenvalue weighted by molar-refractivity contribution is 0.0697. The van der Waals surface area contributed by atoms with E-state index in [-0.39, 0.29) is 22.7 Å². The zero-order valence-electron chi connectivity index (χ0n) is 11.1. The predicted molar refractivity (Wildman–Crippen MR) is 77.4 cm³/mol. The lowest BCUT2D eigenvalue weighted by Crippen LogP contribution is -2.42. The first-order valence-corrected chi connectivity index (χ1v) is 6.95. The van der Waals surface area contributed by atoms with Crippen molar-refractivity contribution >= 4 is 29.3 Å². The number of benzene rings is 1. The first-order valence-electron chi connectivity index (χ1n) is 6.57. The molecule has 1 aliphatic rings. The Kier molecular flexibility index (Phi) is 4.49. The number of anilines is 1. The fourth-order valence-electron chi connectivity index (χ4n) is 2.20. The third-order valence-electron chi connectivity index (χ3n) is 3.67. The predicted octanol–water partition coefficient (Wildman–Crippen LogP) is 3.35. The standard InChI is InChI=1S/C14H17ClN2O3/c1-8(9-3-2-4-9)16-14(20)17-10-5-6-12(15)11(7-10)13(18)19/h5-9H,2-4H2,1H3,(H,18,19)(H2,16,17,20). The van der Waals surface area contributed by atoms with E-state index in [1.807, 2.05) is 6.92 Å². The molecule has 2 rings (SSSR count). The van der Waals surface area contributed by atoms with E-state index in [2.05, 4.69) is 10.6 Å². The third kappa shape index (κ3) is 3.42. The van der Waals surface area contributed by atoms with E-state index < -0.39 is 5.97 Å². The molecule has 1 atom stereocenters. The molecular formula is C14H17ClN2O3. The fourth-order valence-corrected chi connectivity index (χ4v) is 2.40. The Morgan fingerprint density at radius 1 is 1.40 bits per heavy atom. The van der Waals surface area contributed by atoms with E-state index in [9.17, 15) is 9.59 Å². The van der Waals surface area contributed by atoms with Gasteiger partial charge in [-0.15, -0.1) is 0 Å². The maximum absolute atomic E-state index is 11.8. The molecule has 0 saturated heterocycles. The molecule has 0 bridgehead atoms. The second-order valence-corrected chi connectivity index (χ2v) is 5.49. The van der Waals surface area contributed by atoms with Crippen molar-refractivity contribution in [3.05, 3.63) is 28.8 Å². The van der Waals surface area contributed by atoms with Gasteiger partial charge >= 0.3 is 12.0 Å². The Balaban J connectivity index is 1.96. The lowest BCUT2D eigenvalue weighted by atomic mass is 9.80. The van der Waals surface area contributed by atoms with Crippen LogP contribution in [0.15, 0.2) is 18.2 Å². The van der Waals surface area contributed by atoms with Crippen molar-refractivity contribution in [1.82, 2.24) is 5.32 Å². The van der Waals surface area contributed by atoms with Gasteiger partial charge in [0, 0.05) is 11.7 Å². The fraction of sp³-hybridized carbons (Fsp3) is 0.429. The normalized spacial score (nSPS) is 16.1. The van der Waals surface area contributed by atoms with Gasteiger partial charge in [-0.25, -0.2) is 9.59 Å². The lowest BCUT2D eigenvalue weighted by Gasteiger charge is -2.31. The minimum absolute atomic E-state index is 0.0310. The number of hydrogen-bond donors (Lipinski definition) is 3. The van der Waals surface area contributed by atoms with Crippen LogP contribution in [0.3, 0.4) is 0 Å². The van der Waals surface area contributed by atoms with Gasteiger partial charge in [0.1, 0.15) is 0 Å². The molecule has 108 valence electrons. The van der Waals surface area contributed by atoms with E-state index in [0.29, 0.717) is 11.6 Å². The maximum Gasteiger partial charge on any atom is 0.337 e. The zero-order chi connectivity index (χ0) is 14.7. The molecule has 1 aromatic rings. The molecule has 1 fully saturated rings. The molecule has 0 aliphatic heterocycles. The summed E-state index contributed by atoms with van der Waals surface area (Å²) in [4.78, 5) is 22.8. The number of aromatic carboxylic acids is 1. The van der Waals surface area contributed by atoms with Crippen LogP contribution < -0.4 is 10.6 Å². The summed E-state index contributed by atoms with van der Waals surface area (Å²) in [5, 5.41) is 14.6. The minimum atomic E-state index is -1.12. The number of carbonyl (C=O) groups is 2. The molecule has 2 amide bonds. The Bertz CT molecular complexity index is 529. The van der Waals surface area contributed by atoms with Gasteiger partial charge in [0.15, 0.2) is 0 Å². The van der Waals surface area contributed by atoms with Gasteiger partial charge in [-0.05, 0) is 43.9 Å². The topological polar surface area (TPSA) is 78.4 Å². The summed E-state index contributed by atoms with van der Waals surface area (Å²) < 4.78 is 0. The SMILES string of the molecule is CC(NC(=O)Nc1ccc(Cl)c(C(=O)O)c1)C1CCC1. The van der Waals surface area contributed by atoms with Gasteiger partial charge in [-0.3, -0.25) is 0 Å². The van der Waals surface area contributed by atoms with Gasteiger partial charge in [0.25, 0.3) is 0 Å². The van der Waals surface area contributed by atoms with Crippen molar-refractivity contribution in [3.8, 4) is 0 Å². The van der Waals surface area contributed by atoms with Crippen LogP contribution >= 0.6 is 11.6 Å². The Morgan fingerprint density at radius 3 is 2.65 bits per heavy atom. The highest BCUT2D eigenvalue weighted by Crippen LogP contribution is 2.29. The molecule has 6 heteroatoms. The van der Waals surface area contributed by atoms with Gasteiger partial charge in [-0.1, -0.05) is 18.0 Å². The largest absolute Gasteiger partial charge is 0.478 e. The highest BCUT2D eigenvalue weighted by atomic mass is 35.5. The Morgan fingerprint density at radius 2 is 2.10 bits per heavy atom. The number of nitrogens with one attached hydrogen (secondary N) is 2. The van der Waals surface area contributed by atoms with Gasteiger partial charge < -0.3 is 15.7 Å². The number of carbonyl (C=O) groups excluding carboxylic acids is 1. The number of rotatable bonds is 4. The quantitative estimate of drug-likeness (QED) is 0.797. The summed E-state index contributed by atoms with van der Waals surface area (Å²) in [7, 11) is 0. The summed E-state index contributed by atoms with van der Waals surface area (Å²) >= 11 is 5.77. The number of halogens is 1. The van der Waals surface area contributed by atoms with Crippen LogP contribution in [0.4, 0.5) is 10.5 Å². The smallest absolute Gasteiger partial charge is 0.337 e. The molecule has 5 nitrogen and oxygen atoms in total. The highest BCUT2D eigenvalue weighted by Gasteiger charge is 2.25. The first-order chi connectivity index (χ1) is 9.47. The van der Waals surface area contributed by atoms with Gasteiger partial charge in [0.2, 0.25) is 0 Å². The summed E-state index contributed by atoms with van der Waals surface area (Å²) in [5.74, 6) is -0.581. The zero-order valence-corrected chi connectivity index (χ0v) is 11.9. The average molecular weight is 297 g/mol.